The molecule has 12 nitrogen and oxygen atoms in total. The van der Waals surface area contributed by atoms with Gasteiger partial charge in [-0.3, -0.25) is 19.7 Å². The van der Waals surface area contributed by atoms with Crippen molar-refractivity contribution in [3.63, 3.8) is 0 Å². The lowest BCUT2D eigenvalue weighted by Crippen LogP contribution is -2.52. The van der Waals surface area contributed by atoms with Gasteiger partial charge < -0.3 is 34.3 Å². The van der Waals surface area contributed by atoms with Crippen molar-refractivity contribution in [3.05, 3.63) is 213 Å². The molecule has 378 valence electrons. The van der Waals surface area contributed by atoms with Gasteiger partial charge in [0.2, 0.25) is 11.8 Å². The van der Waals surface area contributed by atoms with Crippen LogP contribution in [-0.4, -0.2) is 43.9 Å². The van der Waals surface area contributed by atoms with Gasteiger partial charge in [0.05, 0.1) is 36.4 Å². The molecule has 0 aliphatic rings. The first-order valence-corrected chi connectivity index (χ1v) is 24.5. The fourth-order valence-electron chi connectivity index (χ4n) is 7.82. The summed E-state index contributed by atoms with van der Waals surface area (Å²) in [4.78, 5) is 39.0. The molecule has 0 atom stereocenters. The fourth-order valence-corrected chi connectivity index (χ4v) is 8.06. The molecule has 0 radical (unpaired) electrons. The van der Waals surface area contributed by atoms with Crippen LogP contribution in [0.1, 0.15) is 75.1 Å². The van der Waals surface area contributed by atoms with E-state index in [9.17, 15) is 19.6 Å². The number of hydrogen-bond acceptors (Lipinski definition) is 10. The number of nitriles is 1. The number of halogens is 1. The molecule has 2 amide bonds. The summed E-state index contributed by atoms with van der Waals surface area (Å²) in [5.74, 6) is 2.07. The highest BCUT2D eigenvalue weighted by molar-refractivity contribution is 6.32. The Bertz CT molecular complexity index is 3130. The Kier molecular flexibility index (Phi) is 18.7. The maximum absolute atomic E-state index is 13.5. The standard InChI is InChI=1S/C61H59ClN4O8/c1-41-49(15-10-16-52(41)47-13-7-6-8-14-47)40-74-57-34-56(73-39-46-12-9-11-45(31-46)35-63)50(33-53(57)62)37-66-61(2,3)60(69)64-30-29-59(68)65-36-43-17-19-44(20-18-43)38-72-55-28-22-42(32-58(55)71-5)21-27-54(67)48-23-25-51(70-4)26-24-48/h6-28,31-34,66H,29-30,36-40H2,1-5H3,(H,64,69)(H,65,68)/b27-21+. The van der Waals surface area contributed by atoms with Crippen molar-refractivity contribution in [2.45, 2.75) is 65.6 Å². The Morgan fingerprint density at radius 1 is 0.649 bits per heavy atom. The molecule has 0 aliphatic carbocycles. The van der Waals surface area contributed by atoms with E-state index < -0.39 is 5.54 Å². The van der Waals surface area contributed by atoms with Crippen LogP contribution in [0.15, 0.2) is 158 Å². The first-order valence-electron chi connectivity index (χ1n) is 24.1. The van der Waals surface area contributed by atoms with Crippen LogP contribution >= 0.6 is 11.6 Å². The number of carbonyl (C=O) groups is 3. The third-order valence-corrected chi connectivity index (χ3v) is 12.6. The van der Waals surface area contributed by atoms with Crippen molar-refractivity contribution in [2.75, 3.05) is 20.8 Å². The topological polar surface area (TPSA) is 157 Å². The number of benzene rings is 7. The minimum Gasteiger partial charge on any atom is -0.497 e. The molecule has 7 rings (SSSR count). The van der Waals surface area contributed by atoms with Crippen LogP contribution in [0.2, 0.25) is 5.02 Å². The Balaban J connectivity index is 0.877. The molecule has 0 aromatic heterocycles. The molecule has 3 N–H and O–H groups in total. The summed E-state index contributed by atoms with van der Waals surface area (Å²) in [7, 11) is 3.14. The second kappa shape index (κ2) is 25.8. The maximum atomic E-state index is 13.5. The van der Waals surface area contributed by atoms with Gasteiger partial charge in [-0.05, 0) is 126 Å². The van der Waals surface area contributed by atoms with E-state index in [4.69, 9.17) is 35.3 Å². The Hall–Kier alpha value is -8.37. The highest BCUT2D eigenvalue weighted by Gasteiger charge is 2.27. The molecule has 0 heterocycles. The summed E-state index contributed by atoms with van der Waals surface area (Å²) in [5.41, 5.74) is 8.49. The van der Waals surface area contributed by atoms with Gasteiger partial charge in [0.25, 0.3) is 0 Å². The molecular weight excluding hydrogens is 952 g/mol. The van der Waals surface area contributed by atoms with Gasteiger partial charge in [0.1, 0.15) is 37.1 Å². The predicted molar refractivity (Wildman–Crippen MR) is 288 cm³/mol. The van der Waals surface area contributed by atoms with Crippen LogP contribution in [-0.2, 0) is 42.5 Å². The molecule has 0 unspecified atom stereocenters. The largest absolute Gasteiger partial charge is 0.497 e. The number of amides is 2. The maximum Gasteiger partial charge on any atom is 0.239 e. The van der Waals surface area contributed by atoms with Crippen molar-refractivity contribution < 1.29 is 38.1 Å². The number of nitrogens with zero attached hydrogens (tertiary/aromatic N) is 1. The van der Waals surface area contributed by atoms with Crippen molar-refractivity contribution in [2.24, 2.45) is 0 Å². The average molecular weight is 1010 g/mol. The van der Waals surface area contributed by atoms with E-state index in [0.717, 1.165) is 44.5 Å². The summed E-state index contributed by atoms with van der Waals surface area (Å²) in [6, 6.07) is 49.3. The summed E-state index contributed by atoms with van der Waals surface area (Å²) in [5, 5.41) is 19.0. The zero-order chi connectivity index (χ0) is 52.5. The van der Waals surface area contributed by atoms with Gasteiger partial charge in [0, 0.05) is 43.2 Å². The molecule has 0 saturated heterocycles. The van der Waals surface area contributed by atoms with Crippen molar-refractivity contribution in [1.29, 1.82) is 5.26 Å². The van der Waals surface area contributed by atoms with Crippen molar-refractivity contribution in [1.82, 2.24) is 16.0 Å². The monoisotopic (exact) mass is 1010 g/mol. The number of hydrogen-bond donors (Lipinski definition) is 3. The van der Waals surface area contributed by atoms with Gasteiger partial charge in [-0.2, -0.15) is 5.26 Å². The summed E-state index contributed by atoms with van der Waals surface area (Å²) >= 11 is 6.87. The van der Waals surface area contributed by atoms with Gasteiger partial charge in [-0.25, -0.2) is 0 Å². The molecule has 74 heavy (non-hydrogen) atoms. The van der Waals surface area contributed by atoms with Gasteiger partial charge in [0.15, 0.2) is 17.3 Å². The number of methoxy groups -OCH3 is 2. The van der Waals surface area contributed by atoms with Gasteiger partial charge in [-0.15, -0.1) is 0 Å². The van der Waals surface area contributed by atoms with E-state index >= 15 is 0 Å². The van der Waals surface area contributed by atoms with E-state index in [0.29, 0.717) is 57.0 Å². The van der Waals surface area contributed by atoms with Crippen LogP contribution < -0.4 is 39.6 Å². The first-order chi connectivity index (χ1) is 35.8. The highest BCUT2D eigenvalue weighted by atomic mass is 35.5. The van der Waals surface area contributed by atoms with Crippen LogP contribution in [0.5, 0.6) is 28.7 Å². The third-order valence-electron chi connectivity index (χ3n) is 12.3. The van der Waals surface area contributed by atoms with E-state index in [2.05, 4.69) is 47.1 Å². The fraction of sp³-hybridized carbons (Fsp3) is 0.213. The van der Waals surface area contributed by atoms with Crippen LogP contribution in [0.3, 0.4) is 0 Å². The second-order valence-corrected chi connectivity index (χ2v) is 18.3. The Morgan fingerprint density at radius 2 is 1.36 bits per heavy atom. The van der Waals surface area contributed by atoms with Crippen LogP contribution in [0, 0.1) is 18.3 Å². The van der Waals surface area contributed by atoms with Gasteiger partial charge in [-0.1, -0.05) is 109 Å². The summed E-state index contributed by atoms with van der Waals surface area (Å²) < 4.78 is 29.5. The molecule has 0 bridgehead atoms. The highest BCUT2D eigenvalue weighted by Crippen LogP contribution is 2.36. The summed E-state index contributed by atoms with van der Waals surface area (Å²) in [6.45, 7) is 7.00. The number of ketones is 1. The second-order valence-electron chi connectivity index (χ2n) is 17.9. The lowest BCUT2D eigenvalue weighted by atomic mass is 9.97. The van der Waals surface area contributed by atoms with E-state index in [1.165, 1.54) is 6.08 Å². The number of rotatable bonds is 24. The SMILES string of the molecule is COc1ccc(C(=O)/C=C/c2ccc(OCc3ccc(CNC(=O)CCNC(=O)C(C)(C)NCc4cc(Cl)c(OCc5cccc(-c6ccccc6)c5C)cc4OCc4cccc(C#N)c4)cc3)c(OC)c2)cc1. The number of allylic oxidation sites excluding steroid dienone is 1. The van der Waals surface area contributed by atoms with E-state index in [1.807, 2.05) is 72.8 Å². The Morgan fingerprint density at radius 3 is 2.11 bits per heavy atom. The number of carbonyl (C=O) groups excluding carboxylic acids is 3. The minimum atomic E-state index is -1.05. The van der Waals surface area contributed by atoms with Crippen molar-refractivity contribution >= 4 is 35.3 Å². The summed E-state index contributed by atoms with van der Waals surface area (Å²) in [6.07, 6.45) is 3.33. The molecule has 13 heteroatoms. The number of ether oxygens (including phenoxy) is 5. The van der Waals surface area contributed by atoms with Crippen LogP contribution in [0.25, 0.3) is 17.2 Å². The molecule has 0 saturated carbocycles. The molecule has 0 fully saturated rings. The average Bonchev–Trinajstić information content (AvgIpc) is 3.43. The van der Waals surface area contributed by atoms with E-state index in [1.54, 1.807) is 94.8 Å². The van der Waals surface area contributed by atoms with E-state index in [-0.39, 0.29) is 56.9 Å². The third kappa shape index (κ3) is 14.9. The lowest BCUT2D eigenvalue weighted by molar-refractivity contribution is -0.126. The Labute approximate surface area is 437 Å². The smallest absolute Gasteiger partial charge is 0.239 e. The first kappa shape index (κ1) is 53.4. The van der Waals surface area contributed by atoms with Gasteiger partial charge >= 0.3 is 0 Å². The molecular formula is C61H59ClN4O8. The molecule has 7 aromatic carbocycles. The molecule has 7 aromatic rings. The zero-order valence-electron chi connectivity index (χ0n) is 42.1. The van der Waals surface area contributed by atoms with Crippen LogP contribution in [0.4, 0.5) is 0 Å². The van der Waals surface area contributed by atoms with Crippen molar-refractivity contribution in [3.8, 4) is 45.9 Å². The normalized spacial score (nSPS) is 11.1. The zero-order valence-corrected chi connectivity index (χ0v) is 42.9. The quantitative estimate of drug-likeness (QED) is 0.0393. The number of nitrogens with one attached hydrogen (secondary N) is 3. The molecule has 0 aliphatic heterocycles. The predicted octanol–water partition coefficient (Wildman–Crippen LogP) is 11.5. The molecule has 0 spiro atoms. The minimum absolute atomic E-state index is 0.0846. The lowest BCUT2D eigenvalue weighted by Gasteiger charge is -2.26.